The van der Waals surface area contributed by atoms with E-state index in [4.69, 9.17) is 11.6 Å². The minimum atomic E-state index is -0.152. The lowest BCUT2D eigenvalue weighted by Crippen LogP contribution is -2.32. The lowest BCUT2D eigenvalue weighted by atomic mass is 9.94. The second kappa shape index (κ2) is 5.94. The zero-order valence-electron chi connectivity index (χ0n) is 13.7. The summed E-state index contributed by atoms with van der Waals surface area (Å²) in [5.41, 5.74) is 3.17. The number of benzene rings is 1. The normalized spacial score (nSPS) is 19.9. The first-order chi connectivity index (χ1) is 11.6. The Kier molecular flexibility index (Phi) is 3.89. The summed E-state index contributed by atoms with van der Waals surface area (Å²) in [5.74, 6) is 0.371. The first kappa shape index (κ1) is 15.7. The van der Waals surface area contributed by atoms with Crippen molar-refractivity contribution in [3.05, 3.63) is 61.5 Å². The van der Waals surface area contributed by atoms with Gasteiger partial charge in [-0.2, -0.15) is 0 Å². The van der Waals surface area contributed by atoms with Crippen molar-refractivity contribution >= 4 is 39.5 Å². The molecule has 1 N–H and O–H groups in total. The highest BCUT2D eigenvalue weighted by Crippen LogP contribution is 2.45. The molecule has 0 radical (unpaired) electrons. The number of pyridine rings is 1. The van der Waals surface area contributed by atoms with Crippen molar-refractivity contribution in [2.45, 2.75) is 32.2 Å². The van der Waals surface area contributed by atoms with E-state index >= 15 is 0 Å². The van der Waals surface area contributed by atoms with Gasteiger partial charge in [0.2, 0.25) is 5.56 Å². The molecule has 0 amide bonds. The van der Waals surface area contributed by atoms with Crippen molar-refractivity contribution in [1.29, 1.82) is 0 Å². The molecule has 3 nitrogen and oxygen atoms in total. The number of H-pyrrole nitrogens is 1. The molecule has 0 fully saturated rings. The Bertz CT molecular complexity index is 948. The van der Waals surface area contributed by atoms with Crippen LogP contribution in [-0.2, 0) is 6.42 Å². The summed E-state index contributed by atoms with van der Waals surface area (Å²) in [5, 5.41) is 3.67. The molecule has 0 aliphatic carbocycles. The van der Waals surface area contributed by atoms with Crippen LogP contribution in [0.4, 0.5) is 5.69 Å². The van der Waals surface area contributed by atoms with Gasteiger partial charge in [0.05, 0.1) is 10.5 Å². The third-order valence-electron chi connectivity index (χ3n) is 5.14. The Morgan fingerprint density at radius 3 is 2.88 bits per heavy atom. The zero-order valence-corrected chi connectivity index (χ0v) is 15.2. The summed E-state index contributed by atoms with van der Waals surface area (Å²) in [7, 11) is 0. The summed E-state index contributed by atoms with van der Waals surface area (Å²) >= 11 is 8.24. The molecular formula is C19H19ClN2OS. The van der Waals surface area contributed by atoms with Crippen molar-refractivity contribution in [1.82, 2.24) is 4.98 Å². The van der Waals surface area contributed by atoms with Gasteiger partial charge in [-0.05, 0) is 42.5 Å². The Morgan fingerprint density at radius 1 is 1.29 bits per heavy atom. The summed E-state index contributed by atoms with van der Waals surface area (Å²) in [6.45, 7) is 5.51. The summed E-state index contributed by atoms with van der Waals surface area (Å²) < 4.78 is 0. The maximum atomic E-state index is 11.7. The van der Waals surface area contributed by atoms with Crippen LogP contribution in [-0.4, -0.2) is 17.6 Å². The Morgan fingerprint density at radius 2 is 2.12 bits per heavy atom. The number of halogens is 1. The van der Waals surface area contributed by atoms with Gasteiger partial charge in [0.25, 0.3) is 0 Å². The monoisotopic (exact) mass is 358 g/mol. The van der Waals surface area contributed by atoms with Gasteiger partial charge in [0, 0.05) is 40.5 Å². The number of rotatable bonds is 3. The number of thiophene rings is 1. The average Bonchev–Trinajstić information content (AvgIpc) is 3.14. The number of aromatic nitrogens is 1. The Balaban J connectivity index is 1.79. The molecule has 3 aromatic rings. The van der Waals surface area contributed by atoms with Crippen LogP contribution in [0.3, 0.4) is 0 Å². The van der Waals surface area contributed by atoms with Gasteiger partial charge in [0.1, 0.15) is 0 Å². The Labute approximate surface area is 149 Å². The Hall–Kier alpha value is -1.78. The molecule has 2 aromatic heterocycles. The molecule has 1 aliphatic heterocycles. The van der Waals surface area contributed by atoms with Gasteiger partial charge < -0.3 is 9.88 Å². The molecule has 0 bridgehead atoms. The van der Waals surface area contributed by atoms with Crippen molar-refractivity contribution in [3.63, 3.8) is 0 Å². The van der Waals surface area contributed by atoms with Crippen LogP contribution in [0, 0.1) is 0 Å². The van der Waals surface area contributed by atoms with E-state index in [9.17, 15) is 4.79 Å². The molecule has 2 unspecified atom stereocenters. The van der Waals surface area contributed by atoms with Crippen LogP contribution in [0.15, 0.2) is 40.5 Å². The molecule has 0 spiro atoms. The number of nitrogens with one attached hydrogen (secondary N) is 1. The third kappa shape index (κ3) is 2.45. The lowest BCUT2D eigenvalue weighted by molar-refractivity contribution is 0.594. The molecule has 4 rings (SSSR count). The van der Waals surface area contributed by atoms with Gasteiger partial charge in [-0.3, -0.25) is 4.79 Å². The summed E-state index contributed by atoms with van der Waals surface area (Å²) in [6, 6.07) is 10.3. The second-order valence-electron chi connectivity index (χ2n) is 6.45. The van der Waals surface area contributed by atoms with Gasteiger partial charge >= 0.3 is 0 Å². The highest BCUT2D eigenvalue weighted by atomic mass is 35.5. The highest BCUT2D eigenvalue weighted by molar-refractivity contribution is 7.09. The largest absolute Gasteiger partial charge is 0.368 e. The van der Waals surface area contributed by atoms with Gasteiger partial charge in [-0.1, -0.05) is 24.6 Å². The van der Waals surface area contributed by atoms with Gasteiger partial charge in [-0.15, -0.1) is 11.3 Å². The van der Waals surface area contributed by atoms with Crippen LogP contribution >= 0.6 is 22.9 Å². The maximum absolute atomic E-state index is 11.7. The van der Waals surface area contributed by atoms with Crippen molar-refractivity contribution in [2.24, 2.45) is 0 Å². The summed E-state index contributed by atoms with van der Waals surface area (Å²) in [4.78, 5) is 18.5. The van der Waals surface area contributed by atoms with Gasteiger partial charge in [-0.25, -0.2) is 0 Å². The quantitative estimate of drug-likeness (QED) is 0.730. The number of aromatic amines is 1. The van der Waals surface area contributed by atoms with Crippen LogP contribution in [0.5, 0.6) is 0 Å². The maximum Gasteiger partial charge on any atom is 0.249 e. The van der Waals surface area contributed by atoms with E-state index in [1.165, 1.54) is 22.2 Å². The molecular weight excluding hydrogens is 340 g/mol. The van der Waals surface area contributed by atoms with Gasteiger partial charge in [0.15, 0.2) is 0 Å². The molecule has 0 saturated heterocycles. The SMILES string of the molecule is CC1c2c(ccc3[nH]c(=O)cc(Cl)c23)N(CCc2cccs2)C1C. The van der Waals surface area contributed by atoms with E-state index in [0.29, 0.717) is 17.0 Å². The van der Waals surface area contributed by atoms with Crippen LogP contribution in [0.25, 0.3) is 10.9 Å². The third-order valence-corrected chi connectivity index (χ3v) is 6.37. The molecule has 1 aliphatic rings. The molecule has 2 atom stereocenters. The van der Waals surface area contributed by atoms with E-state index in [1.54, 1.807) is 0 Å². The van der Waals surface area contributed by atoms with Crippen LogP contribution in [0.1, 0.15) is 30.2 Å². The topological polar surface area (TPSA) is 36.1 Å². The number of nitrogens with zero attached hydrogens (tertiary/aromatic N) is 1. The molecule has 5 heteroatoms. The van der Waals surface area contributed by atoms with Crippen LogP contribution < -0.4 is 10.5 Å². The second-order valence-corrected chi connectivity index (χ2v) is 7.89. The molecule has 24 heavy (non-hydrogen) atoms. The number of fused-ring (bicyclic) bond motifs is 3. The van der Waals surface area contributed by atoms with Crippen molar-refractivity contribution in [2.75, 3.05) is 11.4 Å². The number of anilines is 1. The summed E-state index contributed by atoms with van der Waals surface area (Å²) in [6.07, 6.45) is 1.05. The van der Waals surface area contributed by atoms with Crippen LogP contribution in [0.2, 0.25) is 5.02 Å². The zero-order chi connectivity index (χ0) is 16.8. The average molecular weight is 359 g/mol. The number of hydrogen-bond donors (Lipinski definition) is 1. The molecule has 124 valence electrons. The van der Waals surface area contributed by atoms with E-state index in [2.05, 4.69) is 47.3 Å². The molecule has 1 aromatic carbocycles. The van der Waals surface area contributed by atoms with Crippen molar-refractivity contribution in [3.8, 4) is 0 Å². The first-order valence-electron chi connectivity index (χ1n) is 8.20. The molecule has 3 heterocycles. The predicted molar refractivity (Wildman–Crippen MR) is 103 cm³/mol. The fourth-order valence-corrected chi connectivity index (χ4v) is 4.78. The van der Waals surface area contributed by atoms with E-state index in [-0.39, 0.29) is 5.56 Å². The lowest BCUT2D eigenvalue weighted by Gasteiger charge is -2.26. The molecule has 0 saturated carbocycles. The fraction of sp³-hybridized carbons (Fsp3) is 0.316. The standard InChI is InChI=1S/C19H19ClN2OS/c1-11-12(2)22(8-7-13-4-3-9-24-13)16-6-5-15-19(18(11)16)14(20)10-17(23)21-15/h3-6,9-12H,7-8H2,1-2H3,(H,21,23). The van der Waals surface area contributed by atoms with E-state index in [0.717, 1.165) is 23.9 Å². The van der Waals surface area contributed by atoms with E-state index in [1.807, 2.05) is 17.4 Å². The smallest absolute Gasteiger partial charge is 0.249 e. The fourth-order valence-electron chi connectivity index (χ4n) is 3.78. The number of hydrogen-bond acceptors (Lipinski definition) is 3. The predicted octanol–water partition coefficient (Wildman–Crippen LogP) is 4.80. The van der Waals surface area contributed by atoms with Crippen molar-refractivity contribution < 1.29 is 0 Å². The van der Waals surface area contributed by atoms with E-state index < -0.39 is 0 Å². The first-order valence-corrected chi connectivity index (χ1v) is 9.46. The minimum absolute atomic E-state index is 0.152. The highest BCUT2D eigenvalue weighted by Gasteiger charge is 2.34. The minimum Gasteiger partial charge on any atom is -0.368 e.